The Morgan fingerprint density at radius 3 is 2.29 bits per heavy atom. The van der Waals surface area contributed by atoms with Crippen LogP contribution in [-0.4, -0.2) is 11.7 Å². The Hall–Kier alpha value is -0.760. The summed E-state index contributed by atoms with van der Waals surface area (Å²) in [5, 5.41) is 8.67. The van der Waals surface area contributed by atoms with E-state index in [2.05, 4.69) is 26.0 Å². The highest BCUT2D eigenvalue weighted by atomic mass is 16.3. The van der Waals surface area contributed by atoms with Crippen molar-refractivity contribution in [1.29, 1.82) is 0 Å². The van der Waals surface area contributed by atoms with Crippen LogP contribution in [0.2, 0.25) is 0 Å². The molecule has 0 aliphatic rings. The lowest BCUT2D eigenvalue weighted by atomic mass is 10.1. The van der Waals surface area contributed by atoms with E-state index < -0.39 is 0 Å². The number of hydrogen-bond acceptors (Lipinski definition) is 2. The van der Waals surface area contributed by atoms with Crippen LogP contribution in [0.3, 0.4) is 0 Å². The number of aliphatic hydroxyl groups excluding tert-OH is 1. The summed E-state index contributed by atoms with van der Waals surface area (Å²) in [4.78, 5) is 0. The predicted molar refractivity (Wildman–Crippen MR) is 71.1 cm³/mol. The van der Waals surface area contributed by atoms with E-state index in [0.29, 0.717) is 6.61 Å². The molecule has 1 rings (SSSR count). The summed E-state index contributed by atoms with van der Waals surface area (Å²) in [6.07, 6.45) is 7.69. The number of unbranched alkanes of at least 4 members (excludes halogenated alkanes) is 3. The summed E-state index contributed by atoms with van der Waals surface area (Å²) in [7, 11) is 0. The summed E-state index contributed by atoms with van der Waals surface area (Å²) in [5.74, 6) is 2.99. The average molecular weight is 238 g/mol. The van der Waals surface area contributed by atoms with Gasteiger partial charge in [-0.2, -0.15) is 0 Å². The van der Waals surface area contributed by atoms with Crippen LogP contribution < -0.4 is 0 Å². The van der Waals surface area contributed by atoms with Gasteiger partial charge in [0.15, 0.2) is 0 Å². The topological polar surface area (TPSA) is 33.4 Å². The fourth-order valence-electron chi connectivity index (χ4n) is 1.89. The van der Waals surface area contributed by atoms with Crippen LogP contribution in [0.15, 0.2) is 16.5 Å². The summed E-state index contributed by atoms with van der Waals surface area (Å²) in [5.41, 5.74) is 0. The van der Waals surface area contributed by atoms with Crippen molar-refractivity contribution in [3.8, 4) is 0 Å². The van der Waals surface area contributed by atoms with Gasteiger partial charge in [0.2, 0.25) is 0 Å². The van der Waals surface area contributed by atoms with E-state index in [9.17, 15) is 0 Å². The molecule has 0 aliphatic carbocycles. The average Bonchev–Trinajstić information content (AvgIpc) is 2.74. The van der Waals surface area contributed by atoms with Gasteiger partial charge in [-0.3, -0.25) is 0 Å². The molecule has 0 amide bonds. The minimum absolute atomic E-state index is 0.320. The summed E-state index contributed by atoms with van der Waals surface area (Å²) in [6.45, 7) is 4.80. The largest absolute Gasteiger partial charge is 0.466 e. The molecule has 17 heavy (non-hydrogen) atoms. The fourth-order valence-corrected chi connectivity index (χ4v) is 1.89. The maximum atomic E-state index is 8.67. The zero-order chi connectivity index (χ0) is 12.5. The first-order valence-electron chi connectivity index (χ1n) is 6.91. The molecule has 0 saturated heterocycles. The Morgan fingerprint density at radius 2 is 1.65 bits per heavy atom. The zero-order valence-electron chi connectivity index (χ0n) is 11.2. The molecule has 0 fully saturated rings. The van der Waals surface area contributed by atoms with E-state index in [1.165, 1.54) is 12.8 Å². The first kappa shape index (κ1) is 14.3. The number of aryl methyl sites for hydroxylation is 2. The SMILES string of the molecule is CC(C)CCc1ccc(CCCCCCO)o1. The number of hydrogen-bond donors (Lipinski definition) is 1. The van der Waals surface area contributed by atoms with Crippen LogP contribution in [-0.2, 0) is 12.8 Å². The van der Waals surface area contributed by atoms with Crippen LogP contribution in [0.25, 0.3) is 0 Å². The monoisotopic (exact) mass is 238 g/mol. The third-order valence-electron chi connectivity index (χ3n) is 3.02. The molecule has 0 unspecified atom stereocenters. The predicted octanol–water partition coefficient (Wildman–Crippen LogP) is 3.96. The second-order valence-corrected chi connectivity index (χ2v) is 5.19. The van der Waals surface area contributed by atoms with E-state index in [4.69, 9.17) is 9.52 Å². The fraction of sp³-hybridized carbons (Fsp3) is 0.733. The molecule has 1 heterocycles. The van der Waals surface area contributed by atoms with Gasteiger partial charge in [-0.1, -0.05) is 26.7 Å². The Kier molecular flexibility index (Phi) is 7.02. The summed E-state index contributed by atoms with van der Waals surface area (Å²) in [6, 6.07) is 4.23. The molecule has 98 valence electrons. The molecule has 0 radical (unpaired) electrons. The molecule has 0 aliphatic heterocycles. The van der Waals surface area contributed by atoms with Crippen molar-refractivity contribution in [3.05, 3.63) is 23.7 Å². The molecular weight excluding hydrogens is 212 g/mol. The zero-order valence-corrected chi connectivity index (χ0v) is 11.2. The standard InChI is InChI=1S/C15H26O2/c1-13(2)8-9-15-11-10-14(17-15)7-5-3-4-6-12-16/h10-11,13,16H,3-9,12H2,1-2H3. The lowest BCUT2D eigenvalue weighted by Gasteiger charge is -2.01. The van der Waals surface area contributed by atoms with Gasteiger partial charge in [0.1, 0.15) is 11.5 Å². The van der Waals surface area contributed by atoms with E-state index in [1.54, 1.807) is 0 Å². The van der Waals surface area contributed by atoms with E-state index in [0.717, 1.165) is 49.5 Å². The van der Waals surface area contributed by atoms with Crippen LogP contribution in [0.4, 0.5) is 0 Å². The maximum Gasteiger partial charge on any atom is 0.104 e. The van der Waals surface area contributed by atoms with Crippen LogP contribution in [0.5, 0.6) is 0 Å². The van der Waals surface area contributed by atoms with Crippen molar-refractivity contribution in [2.24, 2.45) is 5.92 Å². The van der Waals surface area contributed by atoms with Crippen molar-refractivity contribution in [2.75, 3.05) is 6.61 Å². The minimum atomic E-state index is 0.320. The van der Waals surface area contributed by atoms with Gasteiger partial charge >= 0.3 is 0 Å². The van der Waals surface area contributed by atoms with Crippen molar-refractivity contribution in [3.63, 3.8) is 0 Å². The second kappa shape index (κ2) is 8.35. The Bertz CT molecular complexity index is 289. The van der Waals surface area contributed by atoms with Gasteiger partial charge in [-0.15, -0.1) is 0 Å². The molecule has 0 atom stereocenters. The highest BCUT2D eigenvalue weighted by Gasteiger charge is 2.03. The van der Waals surface area contributed by atoms with Crippen LogP contribution >= 0.6 is 0 Å². The Morgan fingerprint density at radius 1 is 1.00 bits per heavy atom. The van der Waals surface area contributed by atoms with Gasteiger partial charge in [0.05, 0.1) is 0 Å². The molecule has 2 nitrogen and oxygen atoms in total. The van der Waals surface area contributed by atoms with E-state index in [1.807, 2.05) is 0 Å². The Labute approximate surface area is 105 Å². The van der Waals surface area contributed by atoms with Crippen molar-refractivity contribution in [1.82, 2.24) is 0 Å². The maximum absolute atomic E-state index is 8.67. The van der Waals surface area contributed by atoms with Crippen LogP contribution in [0, 0.1) is 5.92 Å². The summed E-state index contributed by atoms with van der Waals surface area (Å²) >= 11 is 0. The van der Waals surface area contributed by atoms with Crippen molar-refractivity contribution >= 4 is 0 Å². The molecule has 2 heteroatoms. The van der Waals surface area contributed by atoms with Gasteiger partial charge < -0.3 is 9.52 Å². The first-order chi connectivity index (χ1) is 8.22. The minimum Gasteiger partial charge on any atom is -0.466 e. The molecular formula is C15H26O2. The number of rotatable bonds is 9. The third-order valence-corrected chi connectivity index (χ3v) is 3.02. The van der Waals surface area contributed by atoms with E-state index in [-0.39, 0.29) is 0 Å². The number of furan rings is 1. The van der Waals surface area contributed by atoms with Crippen LogP contribution in [0.1, 0.15) is 57.5 Å². The second-order valence-electron chi connectivity index (χ2n) is 5.19. The van der Waals surface area contributed by atoms with Gasteiger partial charge in [0.25, 0.3) is 0 Å². The molecule has 1 aromatic rings. The molecule has 0 saturated carbocycles. The molecule has 1 aromatic heterocycles. The van der Waals surface area contributed by atoms with Gasteiger partial charge in [0, 0.05) is 19.4 Å². The smallest absolute Gasteiger partial charge is 0.104 e. The normalized spacial score (nSPS) is 11.3. The van der Waals surface area contributed by atoms with Crippen molar-refractivity contribution in [2.45, 2.75) is 58.8 Å². The Balaban J connectivity index is 2.17. The molecule has 0 aromatic carbocycles. The number of aliphatic hydroxyl groups is 1. The van der Waals surface area contributed by atoms with E-state index >= 15 is 0 Å². The lowest BCUT2D eigenvalue weighted by Crippen LogP contribution is -1.90. The van der Waals surface area contributed by atoms with Gasteiger partial charge in [-0.05, 0) is 37.3 Å². The highest BCUT2D eigenvalue weighted by Crippen LogP contribution is 2.15. The quantitative estimate of drug-likeness (QED) is 0.660. The molecule has 0 spiro atoms. The lowest BCUT2D eigenvalue weighted by molar-refractivity contribution is 0.282. The van der Waals surface area contributed by atoms with Gasteiger partial charge in [-0.25, -0.2) is 0 Å². The summed E-state index contributed by atoms with van der Waals surface area (Å²) < 4.78 is 5.79. The third kappa shape index (κ3) is 6.52. The first-order valence-corrected chi connectivity index (χ1v) is 6.91. The molecule has 0 bridgehead atoms. The molecule has 1 N–H and O–H groups in total. The van der Waals surface area contributed by atoms with Crippen molar-refractivity contribution < 1.29 is 9.52 Å². The highest BCUT2D eigenvalue weighted by molar-refractivity contribution is 5.07.